The van der Waals surface area contributed by atoms with E-state index in [4.69, 9.17) is 4.74 Å². The molecular formula is C16H24N2O2. The largest absolute Gasteiger partial charge is 0.496 e. The van der Waals surface area contributed by atoms with Gasteiger partial charge >= 0.3 is 6.03 Å². The van der Waals surface area contributed by atoms with Gasteiger partial charge in [-0.3, -0.25) is 0 Å². The van der Waals surface area contributed by atoms with Crippen molar-refractivity contribution in [3.05, 3.63) is 29.3 Å². The molecule has 1 atom stereocenters. The van der Waals surface area contributed by atoms with E-state index in [1.54, 1.807) is 7.11 Å². The molecule has 0 bridgehead atoms. The minimum absolute atomic E-state index is 0.0469. The molecule has 0 aliphatic carbocycles. The summed E-state index contributed by atoms with van der Waals surface area (Å²) in [6.07, 6.45) is 3.44. The first-order valence-corrected chi connectivity index (χ1v) is 7.30. The maximum absolute atomic E-state index is 12.2. The average Bonchev–Trinajstić information content (AvgIpc) is 2.45. The van der Waals surface area contributed by atoms with E-state index in [0.717, 1.165) is 36.3 Å². The van der Waals surface area contributed by atoms with E-state index in [0.29, 0.717) is 12.6 Å². The molecule has 20 heavy (non-hydrogen) atoms. The van der Waals surface area contributed by atoms with Crippen LogP contribution >= 0.6 is 0 Å². The number of nitrogens with zero attached hydrogens (tertiary/aromatic N) is 1. The predicted molar refractivity (Wildman–Crippen MR) is 80.0 cm³/mol. The van der Waals surface area contributed by atoms with Crippen LogP contribution in [0, 0.1) is 6.92 Å². The number of amides is 2. The average molecular weight is 276 g/mol. The Kier molecular flexibility index (Phi) is 4.88. The summed E-state index contributed by atoms with van der Waals surface area (Å²) in [6, 6.07) is 6.39. The van der Waals surface area contributed by atoms with Crippen molar-refractivity contribution in [2.24, 2.45) is 0 Å². The Labute approximate surface area is 121 Å². The minimum atomic E-state index is 0.0469. The molecule has 4 nitrogen and oxygen atoms in total. The number of piperidine rings is 1. The van der Waals surface area contributed by atoms with Gasteiger partial charge in [0.2, 0.25) is 0 Å². The summed E-state index contributed by atoms with van der Waals surface area (Å²) in [7, 11) is 1.67. The molecular weight excluding hydrogens is 252 g/mol. The van der Waals surface area contributed by atoms with E-state index >= 15 is 0 Å². The maximum Gasteiger partial charge on any atom is 0.317 e. The molecule has 1 aliphatic rings. The van der Waals surface area contributed by atoms with Gasteiger partial charge in [-0.1, -0.05) is 12.1 Å². The number of methoxy groups -OCH3 is 1. The quantitative estimate of drug-likeness (QED) is 0.921. The van der Waals surface area contributed by atoms with Gasteiger partial charge in [0.05, 0.1) is 7.11 Å². The van der Waals surface area contributed by atoms with Crippen LogP contribution < -0.4 is 10.1 Å². The Bertz CT molecular complexity index is 474. The Morgan fingerprint density at radius 3 is 2.90 bits per heavy atom. The summed E-state index contributed by atoms with van der Waals surface area (Å²) in [6.45, 7) is 5.56. The van der Waals surface area contributed by atoms with Gasteiger partial charge in [0.1, 0.15) is 5.75 Å². The first kappa shape index (κ1) is 14.7. The molecule has 1 saturated heterocycles. The van der Waals surface area contributed by atoms with E-state index in [1.807, 2.05) is 24.0 Å². The molecule has 2 rings (SSSR count). The summed E-state index contributed by atoms with van der Waals surface area (Å²) in [5, 5.41) is 3.01. The Hall–Kier alpha value is -1.71. The van der Waals surface area contributed by atoms with Gasteiger partial charge in [0, 0.05) is 19.1 Å². The molecule has 0 saturated carbocycles. The van der Waals surface area contributed by atoms with E-state index in [1.165, 1.54) is 6.42 Å². The van der Waals surface area contributed by atoms with Crippen LogP contribution in [0.3, 0.4) is 0 Å². The third-order valence-electron chi connectivity index (χ3n) is 3.97. The van der Waals surface area contributed by atoms with Crippen molar-refractivity contribution in [3.63, 3.8) is 0 Å². The van der Waals surface area contributed by atoms with Crippen molar-refractivity contribution < 1.29 is 9.53 Å². The second-order valence-corrected chi connectivity index (χ2v) is 5.50. The monoisotopic (exact) mass is 276 g/mol. The van der Waals surface area contributed by atoms with Gasteiger partial charge in [0.25, 0.3) is 0 Å². The minimum Gasteiger partial charge on any atom is -0.496 e. The molecule has 1 unspecified atom stereocenters. The topological polar surface area (TPSA) is 41.6 Å². The number of hydrogen-bond donors (Lipinski definition) is 1. The number of aryl methyl sites for hydroxylation is 1. The Balaban J connectivity index is 1.91. The number of rotatable bonds is 3. The van der Waals surface area contributed by atoms with Crippen LogP contribution in [0.15, 0.2) is 18.2 Å². The zero-order valence-electron chi connectivity index (χ0n) is 12.6. The van der Waals surface area contributed by atoms with E-state index in [9.17, 15) is 4.79 Å². The molecule has 0 radical (unpaired) electrons. The fraction of sp³-hybridized carbons (Fsp3) is 0.562. The molecule has 1 aromatic rings. The number of ether oxygens (including phenoxy) is 1. The van der Waals surface area contributed by atoms with Crippen LogP contribution in [-0.4, -0.2) is 30.6 Å². The van der Waals surface area contributed by atoms with Crippen LogP contribution in [0.25, 0.3) is 0 Å². The number of benzene rings is 1. The second-order valence-electron chi connectivity index (χ2n) is 5.50. The number of nitrogens with one attached hydrogen (secondary N) is 1. The smallest absolute Gasteiger partial charge is 0.317 e. The highest BCUT2D eigenvalue weighted by molar-refractivity contribution is 5.74. The molecule has 1 N–H and O–H groups in total. The van der Waals surface area contributed by atoms with Crippen LogP contribution in [0.2, 0.25) is 0 Å². The van der Waals surface area contributed by atoms with Crippen LogP contribution in [0.5, 0.6) is 5.75 Å². The number of urea groups is 1. The van der Waals surface area contributed by atoms with Crippen LogP contribution in [-0.2, 0) is 6.54 Å². The Morgan fingerprint density at radius 1 is 1.45 bits per heavy atom. The molecule has 1 aliphatic heterocycles. The lowest BCUT2D eigenvalue weighted by atomic mass is 10.0. The lowest BCUT2D eigenvalue weighted by Crippen LogP contribution is -2.47. The molecule has 1 heterocycles. The standard InChI is InChI=1S/C16H24N2O2/c1-12-10-14(7-8-15(12)20-3)11-17-16(19)18-9-5-4-6-13(18)2/h7-8,10,13H,4-6,9,11H2,1-3H3,(H,17,19). The van der Waals surface area contributed by atoms with Gasteiger partial charge in [-0.2, -0.15) is 0 Å². The third kappa shape index (κ3) is 3.44. The second kappa shape index (κ2) is 6.64. The first-order chi connectivity index (χ1) is 9.61. The number of carbonyl (C=O) groups excluding carboxylic acids is 1. The van der Waals surface area contributed by atoms with E-state index in [2.05, 4.69) is 18.3 Å². The maximum atomic E-state index is 12.2. The molecule has 2 amide bonds. The highest BCUT2D eigenvalue weighted by atomic mass is 16.5. The van der Waals surface area contributed by atoms with Gasteiger partial charge in [-0.25, -0.2) is 4.79 Å². The molecule has 4 heteroatoms. The lowest BCUT2D eigenvalue weighted by molar-refractivity contribution is 0.158. The van der Waals surface area contributed by atoms with Crippen molar-refractivity contribution in [2.75, 3.05) is 13.7 Å². The van der Waals surface area contributed by atoms with E-state index < -0.39 is 0 Å². The normalized spacial score (nSPS) is 18.8. The van der Waals surface area contributed by atoms with Crippen LogP contribution in [0.4, 0.5) is 4.79 Å². The molecule has 1 aromatic carbocycles. The Morgan fingerprint density at radius 2 is 2.25 bits per heavy atom. The molecule has 110 valence electrons. The van der Waals surface area contributed by atoms with Crippen LogP contribution in [0.1, 0.15) is 37.3 Å². The SMILES string of the molecule is COc1ccc(CNC(=O)N2CCCCC2C)cc1C. The fourth-order valence-electron chi connectivity index (χ4n) is 2.73. The summed E-state index contributed by atoms with van der Waals surface area (Å²) >= 11 is 0. The van der Waals surface area contributed by atoms with Gasteiger partial charge < -0.3 is 15.0 Å². The van der Waals surface area contributed by atoms with Crippen molar-refractivity contribution in [2.45, 2.75) is 45.7 Å². The molecule has 1 fully saturated rings. The lowest BCUT2D eigenvalue weighted by Gasteiger charge is -2.33. The molecule has 0 spiro atoms. The third-order valence-corrected chi connectivity index (χ3v) is 3.97. The van der Waals surface area contributed by atoms with E-state index in [-0.39, 0.29) is 6.03 Å². The van der Waals surface area contributed by atoms with Gasteiger partial charge in [0.15, 0.2) is 0 Å². The van der Waals surface area contributed by atoms with Crippen molar-refractivity contribution >= 4 is 6.03 Å². The number of likely N-dealkylation sites (tertiary alicyclic amines) is 1. The number of hydrogen-bond acceptors (Lipinski definition) is 2. The highest BCUT2D eigenvalue weighted by Gasteiger charge is 2.22. The van der Waals surface area contributed by atoms with Crippen molar-refractivity contribution in [1.29, 1.82) is 0 Å². The zero-order valence-corrected chi connectivity index (χ0v) is 12.6. The van der Waals surface area contributed by atoms with Crippen molar-refractivity contribution in [3.8, 4) is 5.75 Å². The predicted octanol–water partition coefficient (Wildman–Crippen LogP) is 3.09. The van der Waals surface area contributed by atoms with Gasteiger partial charge in [-0.15, -0.1) is 0 Å². The summed E-state index contributed by atoms with van der Waals surface area (Å²) in [5.74, 6) is 0.879. The summed E-state index contributed by atoms with van der Waals surface area (Å²) < 4.78 is 5.24. The number of carbonyl (C=O) groups is 1. The molecule has 0 aromatic heterocycles. The van der Waals surface area contributed by atoms with Crippen molar-refractivity contribution in [1.82, 2.24) is 10.2 Å². The summed E-state index contributed by atoms with van der Waals surface area (Å²) in [5.41, 5.74) is 2.19. The zero-order chi connectivity index (χ0) is 14.5. The first-order valence-electron chi connectivity index (χ1n) is 7.30. The summed E-state index contributed by atoms with van der Waals surface area (Å²) in [4.78, 5) is 14.1. The fourth-order valence-corrected chi connectivity index (χ4v) is 2.73. The van der Waals surface area contributed by atoms with Gasteiger partial charge in [-0.05, 0) is 50.3 Å². The highest BCUT2D eigenvalue weighted by Crippen LogP contribution is 2.19.